The quantitative estimate of drug-likeness (QED) is 0.478. The van der Waals surface area contributed by atoms with Crippen molar-refractivity contribution in [1.82, 2.24) is 25.1 Å². The third kappa shape index (κ3) is 5.02. The number of nitrogens with zero attached hydrogens (tertiary/aromatic N) is 5. The molecule has 4 rings (SSSR count). The van der Waals surface area contributed by atoms with E-state index >= 15 is 0 Å². The molecular formula is C21H18N6O3. The van der Waals surface area contributed by atoms with Gasteiger partial charge in [0.25, 0.3) is 0 Å². The molecule has 150 valence electrons. The zero-order valence-electron chi connectivity index (χ0n) is 15.9. The maximum atomic E-state index is 12.4. The number of aromatic nitrogens is 5. The number of hydrogen-bond acceptors (Lipinski definition) is 8. The summed E-state index contributed by atoms with van der Waals surface area (Å²) in [6.45, 7) is 0.343. The standard InChI is InChI=1S/C21H18N6O3/c28-18(5-6-19-26-20(27-30-19)16-3-1-9-23-13-16)25-21-17(4-2-10-24-21)29-14-15-7-11-22-12-8-15/h1-4,7-13H,5-6,14H2,(H,24,25,28). The van der Waals surface area contributed by atoms with Gasteiger partial charge in [-0.15, -0.1) is 0 Å². The highest BCUT2D eigenvalue weighted by Crippen LogP contribution is 2.22. The molecule has 4 aromatic rings. The topological polar surface area (TPSA) is 116 Å². The van der Waals surface area contributed by atoms with E-state index < -0.39 is 0 Å². The smallest absolute Gasteiger partial charge is 0.227 e. The molecule has 0 atom stereocenters. The number of carbonyl (C=O) groups is 1. The van der Waals surface area contributed by atoms with E-state index in [0.717, 1.165) is 11.1 Å². The van der Waals surface area contributed by atoms with E-state index in [1.807, 2.05) is 18.2 Å². The summed E-state index contributed by atoms with van der Waals surface area (Å²) in [5, 5.41) is 6.69. The lowest BCUT2D eigenvalue weighted by molar-refractivity contribution is -0.116. The van der Waals surface area contributed by atoms with E-state index in [1.165, 1.54) is 0 Å². The van der Waals surface area contributed by atoms with Crippen LogP contribution < -0.4 is 10.1 Å². The lowest BCUT2D eigenvalue weighted by Crippen LogP contribution is -2.14. The summed E-state index contributed by atoms with van der Waals surface area (Å²) in [7, 11) is 0. The fraction of sp³-hybridized carbons (Fsp3) is 0.143. The lowest BCUT2D eigenvalue weighted by Gasteiger charge is -2.11. The van der Waals surface area contributed by atoms with Gasteiger partial charge in [-0.2, -0.15) is 4.98 Å². The summed E-state index contributed by atoms with van der Waals surface area (Å²) in [6.07, 6.45) is 8.77. The van der Waals surface area contributed by atoms with Crippen molar-refractivity contribution in [2.75, 3.05) is 5.32 Å². The van der Waals surface area contributed by atoms with Crippen LogP contribution in [0.4, 0.5) is 5.82 Å². The van der Waals surface area contributed by atoms with Gasteiger partial charge in [0.15, 0.2) is 11.6 Å². The first-order chi connectivity index (χ1) is 14.8. The van der Waals surface area contributed by atoms with Gasteiger partial charge in [-0.1, -0.05) is 5.16 Å². The van der Waals surface area contributed by atoms with Crippen LogP contribution in [-0.2, 0) is 17.8 Å². The fourth-order valence-electron chi connectivity index (χ4n) is 2.62. The molecule has 0 saturated heterocycles. The Kier molecular flexibility index (Phi) is 5.99. The molecule has 1 N–H and O–H groups in total. The molecule has 0 spiro atoms. The molecule has 0 aromatic carbocycles. The van der Waals surface area contributed by atoms with Crippen molar-refractivity contribution in [3.05, 3.63) is 78.8 Å². The Morgan fingerprint density at radius 3 is 2.73 bits per heavy atom. The van der Waals surface area contributed by atoms with Crippen LogP contribution in [0.25, 0.3) is 11.4 Å². The average Bonchev–Trinajstić information content (AvgIpc) is 3.28. The SMILES string of the molecule is O=C(CCc1nc(-c2cccnc2)no1)Nc1ncccc1OCc1ccncc1. The molecule has 0 bridgehead atoms. The number of pyridine rings is 3. The normalized spacial score (nSPS) is 10.5. The van der Waals surface area contributed by atoms with Gasteiger partial charge in [0.05, 0.1) is 0 Å². The number of nitrogens with one attached hydrogen (secondary N) is 1. The highest BCUT2D eigenvalue weighted by atomic mass is 16.5. The minimum Gasteiger partial charge on any atom is -0.485 e. The van der Waals surface area contributed by atoms with Gasteiger partial charge in [-0.25, -0.2) is 4.98 Å². The van der Waals surface area contributed by atoms with Crippen molar-refractivity contribution in [3.8, 4) is 17.1 Å². The Bertz CT molecular complexity index is 1100. The number of rotatable bonds is 8. The van der Waals surface area contributed by atoms with Gasteiger partial charge in [0.2, 0.25) is 17.6 Å². The molecule has 0 aliphatic carbocycles. The molecule has 0 aliphatic rings. The number of amides is 1. The Labute approximate surface area is 172 Å². The van der Waals surface area contributed by atoms with Crippen LogP contribution in [0.15, 0.2) is 71.9 Å². The second-order valence-corrected chi connectivity index (χ2v) is 6.30. The highest BCUT2D eigenvalue weighted by Gasteiger charge is 2.13. The van der Waals surface area contributed by atoms with Gasteiger partial charge in [0.1, 0.15) is 6.61 Å². The summed E-state index contributed by atoms with van der Waals surface area (Å²) in [4.78, 5) is 28.9. The first-order valence-electron chi connectivity index (χ1n) is 9.27. The van der Waals surface area contributed by atoms with E-state index in [-0.39, 0.29) is 12.3 Å². The maximum Gasteiger partial charge on any atom is 0.227 e. The van der Waals surface area contributed by atoms with Crippen LogP contribution in [0.5, 0.6) is 5.75 Å². The Morgan fingerprint density at radius 1 is 1.03 bits per heavy atom. The molecular weight excluding hydrogens is 384 g/mol. The molecule has 0 radical (unpaired) electrons. The monoisotopic (exact) mass is 402 g/mol. The van der Waals surface area contributed by atoms with Crippen LogP contribution in [-0.4, -0.2) is 31.0 Å². The first kappa shape index (κ1) is 19.2. The van der Waals surface area contributed by atoms with E-state index in [4.69, 9.17) is 9.26 Å². The maximum absolute atomic E-state index is 12.4. The second-order valence-electron chi connectivity index (χ2n) is 6.30. The molecule has 0 aliphatic heterocycles. The Balaban J connectivity index is 1.33. The van der Waals surface area contributed by atoms with Crippen molar-refractivity contribution in [1.29, 1.82) is 0 Å². The minimum absolute atomic E-state index is 0.162. The Morgan fingerprint density at radius 2 is 1.90 bits per heavy atom. The number of ether oxygens (including phenoxy) is 1. The minimum atomic E-state index is -0.233. The zero-order valence-corrected chi connectivity index (χ0v) is 15.9. The van der Waals surface area contributed by atoms with Crippen molar-refractivity contribution in [2.45, 2.75) is 19.4 Å². The molecule has 0 saturated carbocycles. The summed E-state index contributed by atoms with van der Waals surface area (Å²) >= 11 is 0. The molecule has 1 amide bonds. The summed E-state index contributed by atoms with van der Waals surface area (Å²) < 4.78 is 11.0. The highest BCUT2D eigenvalue weighted by molar-refractivity contribution is 5.91. The van der Waals surface area contributed by atoms with Gasteiger partial charge in [0, 0.05) is 49.4 Å². The molecule has 9 nitrogen and oxygen atoms in total. The number of anilines is 1. The van der Waals surface area contributed by atoms with Gasteiger partial charge >= 0.3 is 0 Å². The van der Waals surface area contributed by atoms with Crippen LogP contribution in [0.2, 0.25) is 0 Å². The van der Waals surface area contributed by atoms with Crippen LogP contribution in [0.1, 0.15) is 17.9 Å². The van der Waals surface area contributed by atoms with Crippen LogP contribution >= 0.6 is 0 Å². The predicted molar refractivity (Wildman–Crippen MR) is 107 cm³/mol. The van der Waals surface area contributed by atoms with Crippen molar-refractivity contribution >= 4 is 11.7 Å². The van der Waals surface area contributed by atoms with Gasteiger partial charge < -0.3 is 14.6 Å². The molecule has 30 heavy (non-hydrogen) atoms. The van der Waals surface area contributed by atoms with Crippen molar-refractivity contribution in [2.24, 2.45) is 0 Å². The van der Waals surface area contributed by atoms with E-state index in [1.54, 1.807) is 49.2 Å². The number of hydrogen-bond donors (Lipinski definition) is 1. The largest absolute Gasteiger partial charge is 0.485 e. The molecule has 0 unspecified atom stereocenters. The molecule has 0 fully saturated rings. The van der Waals surface area contributed by atoms with Crippen LogP contribution in [0, 0.1) is 0 Å². The number of carbonyl (C=O) groups excluding carboxylic acids is 1. The summed E-state index contributed by atoms with van der Waals surface area (Å²) in [5.74, 6) is 1.43. The molecule has 9 heteroatoms. The fourth-order valence-corrected chi connectivity index (χ4v) is 2.62. The molecule has 4 aromatic heterocycles. The predicted octanol–water partition coefficient (Wildman–Crippen LogP) is 3.07. The average molecular weight is 402 g/mol. The van der Waals surface area contributed by atoms with Crippen molar-refractivity contribution < 1.29 is 14.1 Å². The third-order valence-corrected chi connectivity index (χ3v) is 4.13. The van der Waals surface area contributed by atoms with Gasteiger partial charge in [-0.3, -0.25) is 14.8 Å². The van der Waals surface area contributed by atoms with E-state index in [0.29, 0.717) is 36.3 Å². The van der Waals surface area contributed by atoms with E-state index in [2.05, 4.69) is 30.4 Å². The third-order valence-electron chi connectivity index (χ3n) is 4.13. The zero-order chi connectivity index (χ0) is 20.6. The van der Waals surface area contributed by atoms with Crippen LogP contribution in [0.3, 0.4) is 0 Å². The molecule has 4 heterocycles. The van der Waals surface area contributed by atoms with Crippen molar-refractivity contribution in [3.63, 3.8) is 0 Å². The summed E-state index contributed by atoms with van der Waals surface area (Å²) in [6, 6.07) is 10.8. The summed E-state index contributed by atoms with van der Waals surface area (Å²) in [5.41, 5.74) is 1.72. The first-order valence-corrected chi connectivity index (χ1v) is 9.27. The number of aryl methyl sites for hydroxylation is 1. The van der Waals surface area contributed by atoms with Gasteiger partial charge in [-0.05, 0) is 42.0 Å². The Hall–Kier alpha value is -4.14. The second kappa shape index (κ2) is 9.37. The lowest BCUT2D eigenvalue weighted by atomic mass is 10.2. The van der Waals surface area contributed by atoms with E-state index in [9.17, 15) is 4.79 Å².